The summed E-state index contributed by atoms with van der Waals surface area (Å²) >= 11 is 0. The van der Waals surface area contributed by atoms with Crippen LogP contribution < -0.4 is 15.9 Å². The standard InChI is InChI=1S/C11H13N5O/c17-11-14-9-8(2-1-3-13-9)10(15-11)16-6-4-12-5-7-16/h1-3,12H,4-7H2,(H,13,14,15,17). The van der Waals surface area contributed by atoms with E-state index in [-0.39, 0.29) is 5.69 Å². The molecule has 1 aliphatic rings. The van der Waals surface area contributed by atoms with Gasteiger partial charge in [0.1, 0.15) is 11.5 Å². The number of rotatable bonds is 1. The van der Waals surface area contributed by atoms with Crippen molar-refractivity contribution >= 4 is 16.9 Å². The molecule has 0 radical (unpaired) electrons. The van der Waals surface area contributed by atoms with Gasteiger partial charge in [0.2, 0.25) is 0 Å². The average Bonchev–Trinajstić information content (AvgIpc) is 2.39. The normalized spacial score (nSPS) is 16.4. The molecular formula is C11H13N5O. The molecule has 6 heteroatoms. The number of nitrogens with zero attached hydrogens (tertiary/aromatic N) is 3. The summed E-state index contributed by atoms with van der Waals surface area (Å²) in [5.41, 5.74) is 0.255. The summed E-state index contributed by atoms with van der Waals surface area (Å²) in [4.78, 5) is 24.5. The summed E-state index contributed by atoms with van der Waals surface area (Å²) in [7, 11) is 0. The van der Waals surface area contributed by atoms with Crippen molar-refractivity contribution in [2.24, 2.45) is 0 Å². The van der Waals surface area contributed by atoms with E-state index in [2.05, 4.69) is 25.2 Å². The zero-order valence-corrected chi connectivity index (χ0v) is 9.31. The van der Waals surface area contributed by atoms with E-state index >= 15 is 0 Å². The lowest BCUT2D eigenvalue weighted by molar-refractivity contribution is 0.585. The Bertz CT molecular complexity index is 588. The van der Waals surface area contributed by atoms with Gasteiger partial charge in [-0.05, 0) is 12.1 Å². The zero-order chi connectivity index (χ0) is 11.7. The number of hydrogen-bond donors (Lipinski definition) is 2. The molecule has 17 heavy (non-hydrogen) atoms. The molecule has 88 valence electrons. The van der Waals surface area contributed by atoms with Gasteiger partial charge in [-0.1, -0.05) is 0 Å². The summed E-state index contributed by atoms with van der Waals surface area (Å²) < 4.78 is 0. The van der Waals surface area contributed by atoms with Gasteiger partial charge in [0.15, 0.2) is 0 Å². The summed E-state index contributed by atoms with van der Waals surface area (Å²) in [6, 6.07) is 3.79. The zero-order valence-electron chi connectivity index (χ0n) is 9.31. The molecule has 0 aromatic carbocycles. The molecule has 0 aliphatic carbocycles. The number of anilines is 1. The molecule has 3 heterocycles. The third-order valence-corrected chi connectivity index (χ3v) is 2.90. The predicted octanol–water partition coefficient (Wildman–Crippen LogP) is -0.272. The van der Waals surface area contributed by atoms with E-state index in [4.69, 9.17) is 0 Å². The maximum Gasteiger partial charge on any atom is 0.348 e. The number of aromatic nitrogens is 3. The second-order valence-corrected chi connectivity index (χ2v) is 4.00. The first-order chi connectivity index (χ1) is 8.34. The molecule has 0 atom stereocenters. The first kappa shape index (κ1) is 10.2. The highest BCUT2D eigenvalue weighted by Gasteiger charge is 2.15. The number of hydrogen-bond acceptors (Lipinski definition) is 5. The molecule has 2 N–H and O–H groups in total. The smallest absolute Gasteiger partial charge is 0.348 e. The molecular weight excluding hydrogens is 218 g/mol. The van der Waals surface area contributed by atoms with E-state index < -0.39 is 0 Å². The molecule has 0 spiro atoms. The molecule has 1 saturated heterocycles. The van der Waals surface area contributed by atoms with Crippen LogP contribution in [-0.2, 0) is 0 Å². The molecule has 3 rings (SSSR count). The highest BCUT2D eigenvalue weighted by Crippen LogP contribution is 2.19. The molecule has 1 fully saturated rings. The third kappa shape index (κ3) is 1.87. The Hall–Kier alpha value is -1.95. The fraction of sp³-hybridized carbons (Fsp3) is 0.364. The molecule has 0 saturated carbocycles. The van der Waals surface area contributed by atoms with Crippen molar-refractivity contribution in [3.8, 4) is 0 Å². The van der Waals surface area contributed by atoms with Gasteiger partial charge in [0.05, 0.1) is 5.39 Å². The van der Waals surface area contributed by atoms with Crippen LogP contribution in [0.1, 0.15) is 0 Å². The van der Waals surface area contributed by atoms with Crippen LogP contribution in [-0.4, -0.2) is 41.1 Å². The number of pyridine rings is 1. The van der Waals surface area contributed by atoms with Crippen molar-refractivity contribution in [3.05, 3.63) is 28.8 Å². The van der Waals surface area contributed by atoms with Gasteiger partial charge in [-0.2, -0.15) is 4.98 Å². The quantitative estimate of drug-likeness (QED) is 0.706. The Labute approximate surface area is 97.7 Å². The van der Waals surface area contributed by atoms with E-state index in [9.17, 15) is 4.79 Å². The van der Waals surface area contributed by atoms with Gasteiger partial charge in [0.25, 0.3) is 0 Å². The number of nitrogens with one attached hydrogen (secondary N) is 2. The Kier molecular flexibility index (Phi) is 2.49. The van der Waals surface area contributed by atoms with Gasteiger partial charge in [-0.15, -0.1) is 0 Å². The van der Waals surface area contributed by atoms with Crippen LogP contribution in [0.25, 0.3) is 11.0 Å². The lowest BCUT2D eigenvalue weighted by Crippen LogP contribution is -2.44. The fourth-order valence-electron chi connectivity index (χ4n) is 2.09. The summed E-state index contributed by atoms with van der Waals surface area (Å²) in [5, 5.41) is 4.17. The molecule has 2 aromatic rings. The first-order valence-electron chi connectivity index (χ1n) is 5.65. The predicted molar refractivity (Wildman–Crippen MR) is 65.2 cm³/mol. The van der Waals surface area contributed by atoms with Crippen molar-refractivity contribution in [2.75, 3.05) is 31.1 Å². The molecule has 0 bridgehead atoms. The summed E-state index contributed by atoms with van der Waals surface area (Å²) in [6.07, 6.45) is 1.67. The molecule has 6 nitrogen and oxygen atoms in total. The molecule has 0 amide bonds. The molecule has 2 aromatic heterocycles. The number of fused-ring (bicyclic) bond motifs is 1. The highest BCUT2D eigenvalue weighted by molar-refractivity contribution is 5.86. The minimum Gasteiger partial charge on any atom is -0.353 e. The Morgan fingerprint density at radius 3 is 2.94 bits per heavy atom. The summed E-state index contributed by atoms with van der Waals surface area (Å²) in [6.45, 7) is 3.55. The van der Waals surface area contributed by atoms with Gasteiger partial charge in [-0.25, -0.2) is 9.78 Å². The van der Waals surface area contributed by atoms with Crippen molar-refractivity contribution in [2.45, 2.75) is 0 Å². The second kappa shape index (κ2) is 4.14. The molecule has 0 unspecified atom stereocenters. The maximum absolute atomic E-state index is 11.5. The van der Waals surface area contributed by atoms with E-state index in [0.717, 1.165) is 37.4 Å². The van der Waals surface area contributed by atoms with Gasteiger partial charge < -0.3 is 10.2 Å². The van der Waals surface area contributed by atoms with Crippen LogP contribution in [0.5, 0.6) is 0 Å². The Morgan fingerprint density at radius 1 is 1.29 bits per heavy atom. The lowest BCUT2D eigenvalue weighted by atomic mass is 10.2. The fourth-order valence-corrected chi connectivity index (χ4v) is 2.09. The van der Waals surface area contributed by atoms with Crippen LogP contribution in [0.4, 0.5) is 5.82 Å². The Balaban J connectivity index is 2.16. The Morgan fingerprint density at radius 2 is 2.12 bits per heavy atom. The summed E-state index contributed by atoms with van der Waals surface area (Å²) in [5.74, 6) is 0.735. The first-order valence-corrected chi connectivity index (χ1v) is 5.65. The minimum absolute atomic E-state index is 0.343. The van der Waals surface area contributed by atoms with Crippen LogP contribution in [0, 0.1) is 0 Å². The second-order valence-electron chi connectivity index (χ2n) is 4.00. The third-order valence-electron chi connectivity index (χ3n) is 2.90. The average molecular weight is 231 g/mol. The van der Waals surface area contributed by atoms with Crippen molar-refractivity contribution in [1.29, 1.82) is 0 Å². The largest absolute Gasteiger partial charge is 0.353 e. The van der Waals surface area contributed by atoms with Crippen molar-refractivity contribution in [1.82, 2.24) is 20.3 Å². The van der Waals surface area contributed by atoms with Gasteiger partial charge in [0, 0.05) is 32.4 Å². The number of piperazine rings is 1. The van der Waals surface area contributed by atoms with Gasteiger partial charge in [-0.3, -0.25) is 4.98 Å². The van der Waals surface area contributed by atoms with E-state index in [0.29, 0.717) is 5.65 Å². The van der Waals surface area contributed by atoms with Crippen LogP contribution >= 0.6 is 0 Å². The number of aromatic amines is 1. The minimum atomic E-state index is -0.343. The van der Waals surface area contributed by atoms with Gasteiger partial charge >= 0.3 is 5.69 Å². The molecule has 1 aliphatic heterocycles. The van der Waals surface area contributed by atoms with Crippen LogP contribution in [0.15, 0.2) is 23.1 Å². The topological polar surface area (TPSA) is 73.9 Å². The van der Waals surface area contributed by atoms with Crippen LogP contribution in [0.2, 0.25) is 0 Å². The SMILES string of the molecule is O=c1nc(N2CCNCC2)c2cccnc2[nH]1. The lowest BCUT2D eigenvalue weighted by Gasteiger charge is -2.28. The van der Waals surface area contributed by atoms with Crippen molar-refractivity contribution < 1.29 is 0 Å². The van der Waals surface area contributed by atoms with E-state index in [1.54, 1.807) is 6.20 Å². The maximum atomic E-state index is 11.5. The highest BCUT2D eigenvalue weighted by atomic mass is 16.1. The van der Waals surface area contributed by atoms with E-state index in [1.807, 2.05) is 12.1 Å². The number of H-pyrrole nitrogens is 1. The monoisotopic (exact) mass is 231 g/mol. The van der Waals surface area contributed by atoms with E-state index in [1.165, 1.54) is 0 Å². The van der Waals surface area contributed by atoms with Crippen molar-refractivity contribution in [3.63, 3.8) is 0 Å². The van der Waals surface area contributed by atoms with Crippen LogP contribution in [0.3, 0.4) is 0 Å².